The quantitative estimate of drug-likeness (QED) is 0.922. The van der Waals surface area contributed by atoms with E-state index in [0.29, 0.717) is 12.4 Å². The Bertz CT molecular complexity index is 639. The molecule has 1 atom stereocenters. The van der Waals surface area contributed by atoms with Crippen LogP contribution in [0.2, 0.25) is 0 Å². The average Bonchev–Trinajstić information content (AvgIpc) is 3.02. The molecule has 3 rings (SSSR count). The highest BCUT2D eigenvalue weighted by Crippen LogP contribution is 2.16. The van der Waals surface area contributed by atoms with Crippen molar-refractivity contribution < 1.29 is 13.9 Å². The number of furan rings is 1. The van der Waals surface area contributed by atoms with E-state index < -0.39 is 0 Å². The Morgan fingerprint density at radius 2 is 2.17 bits per heavy atom. The standard InChI is InChI=1S/C18H22N2O3/c1-20-10-5-6-15(12-20)19-18(21)17-14(9-11-22-17)13-23-16-7-3-2-4-8-16/h2-4,7-9,11,15H,5-6,10,12-13H2,1H3,(H,19,21)/t15-/m1/s1. The lowest BCUT2D eigenvalue weighted by Crippen LogP contribution is -2.46. The molecule has 2 aromatic rings. The highest BCUT2D eigenvalue weighted by atomic mass is 16.5. The van der Waals surface area contributed by atoms with E-state index in [-0.39, 0.29) is 11.9 Å². The number of hydrogen-bond donors (Lipinski definition) is 1. The highest BCUT2D eigenvalue weighted by molar-refractivity contribution is 5.93. The van der Waals surface area contributed by atoms with Crippen LogP contribution >= 0.6 is 0 Å². The van der Waals surface area contributed by atoms with Crippen molar-refractivity contribution in [3.05, 3.63) is 54.0 Å². The van der Waals surface area contributed by atoms with Gasteiger partial charge in [0.1, 0.15) is 12.4 Å². The Balaban J connectivity index is 1.59. The van der Waals surface area contributed by atoms with Crippen molar-refractivity contribution in [2.24, 2.45) is 0 Å². The van der Waals surface area contributed by atoms with Gasteiger partial charge >= 0.3 is 0 Å². The monoisotopic (exact) mass is 314 g/mol. The lowest BCUT2D eigenvalue weighted by molar-refractivity contribution is 0.0881. The normalized spacial score (nSPS) is 18.6. The van der Waals surface area contributed by atoms with Crippen molar-refractivity contribution in [1.82, 2.24) is 10.2 Å². The number of likely N-dealkylation sites (tertiary alicyclic amines) is 1. The minimum Gasteiger partial charge on any atom is -0.489 e. The van der Waals surface area contributed by atoms with Crippen LogP contribution in [0.3, 0.4) is 0 Å². The van der Waals surface area contributed by atoms with Crippen LogP contribution in [0.15, 0.2) is 47.1 Å². The largest absolute Gasteiger partial charge is 0.489 e. The number of carbonyl (C=O) groups excluding carboxylic acids is 1. The summed E-state index contributed by atoms with van der Waals surface area (Å²) in [5.74, 6) is 0.949. The summed E-state index contributed by atoms with van der Waals surface area (Å²) in [6, 6.07) is 11.5. The number of likely N-dealkylation sites (N-methyl/N-ethyl adjacent to an activating group) is 1. The summed E-state index contributed by atoms with van der Waals surface area (Å²) < 4.78 is 11.1. The van der Waals surface area contributed by atoms with E-state index >= 15 is 0 Å². The predicted molar refractivity (Wildman–Crippen MR) is 87.5 cm³/mol. The summed E-state index contributed by atoms with van der Waals surface area (Å²) >= 11 is 0. The fourth-order valence-corrected chi connectivity index (χ4v) is 2.86. The fraction of sp³-hybridized carbons (Fsp3) is 0.389. The Morgan fingerprint density at radius 1 is 1.35 bits per heavy atom. The number of ether oxygens (including phenoxy) is 1. The van der Waals surface area contributed by atoms with E-state index in [9.17, 15) is 4.79 Å². The van der Waals surface area contributed by atoms with Crippen molar-refractivity contribution in [2.75, 3.05) is 20.1 Å². The van der Waals surface area contributed by atoms with E-state index in [1.54, 1.807) is 6.07 Å². The first-order valence-corrected chi connectivity index (χ1v) is 7.96. The zero-order chi connectivity index (χ0) is 16.1. The van der Waals surface area contributed by atoms with Gasteiger partial charge in [0.15, 0.2) is 5.76 Å². The molecule has 1 aromatic carbocycles. The Labute approximate surface area is 136 Å². The fourth-order valence-electron chi connectivity index (χ4n) is 2.86. The lowest BCUT2D eigenvalue weighted by atomic mass is 10.1. The topological polar surface area (TPSA) is 54.7 Å². The molecule has 1 aliphatic heterocycles. The molecule has 0 aliphatic carbocycles. The minimum absolute atomic E-state index is 0.165. The van der Waals surface area contributed by atoms with Gasteiger partial charge in [0, 0.05) is 18.2 Å². The second-order valence-corrected chi connectivity index (χ2v) is 5.95. The molecular formula is C18H22N2O3. The molecule has 1 N–H and O–H groups in total. The highest BCUT2D eigenvalue weighted by Gasteiger charge is 2.22. The number of nitrogens with one attached hydrogen (secondary N) is 1. The zero-order valence-corrected chi connectivity index (χ0v) is 13.3. The molecule has 0 spiro atoms. The third-order valence-electron chi connectivity index (χ3n) is 4.05. The van der Waals surface area contributed by atoms with E-state index in [2.05, 4.69) is 17.3 Å². The lowest BCUT2D eigenvalue weighted by Gasteiger charge is -2.30. The molecule has 1 aliphatic rings. The first-order chi connectivity index (χ1) is 11.2. The molecule has 1 amide bonds. The van der Waals surface area contributed by atoms with E-state index in [0.717, 1.165) is 37.2 Å². The number of benzene rings is 1. The maximum absolute atomic E-state index is 12.4. The zero-order valence-electron chi connectivity index (χ0n) is 13.3. The van der Waals surface area contributed by atoms with Crippen LogP contribution < -0.4 is 10.1 Å². The van der Waals surface area contributed by atoms with Crippen molar-refractivity contribution in [3.63, 3.8) is 0 Å². The van der Waals surface area contributed by atoms with Crippen molar-refractivity contribution in [2.45, 2.75) is 25.5 Å². The van der Waals surface area contributed by atoms with E-state index in [1.807, 2.05) is 30.3 Å². The van der Waals surface area contributed by atoms with Gasteiger partial charge in [-0.3, -0.25) is 4.79 Å². The van der Waals surface area contributed by atoms with Gasteiger partial charge in [0.2, 0.25) is 0 Å². The molecule has 0 radical (unpaired) electrons. The second-order valence-electron chi connectivity index (χ2n) is 5.95. The van der Waals surface area contributed by atoms with Gasteiger partial charge in [-0.05, 0) is 44.6 Å². The number of carbonyl (C=O) groups is 1. The summed E-state index contributed by atoms with van der Waals surface area (Å²) in [6.07, 6.45) is 3.64. The van der Waals surface area contributed by atoms with Crippen molar-refractivity contribution in [3.8, 4) is 5.75 Å². The van der Waals surface area contributed by atoms with Gasteiger partial charge in [0.05, 0.1) is 6.26 Å². The van der Waals surface area contributed by atoms with Gasteiger partial charge in [-0.1, -0.05) is 18.2 Å². The first kappa shape index (κ1) is 15.6. The average molecular weight is 314 g/mol. The van der Waals surface area contributed by atoms with Gasteiger partial charge in [-0.2, -0.15) is 0 Å². The Morgan fingerprint density at radius 3 is 2.96 bits per heavy atom. The van der Waals surface area contributed by atoms with Crippen LogP contribution in [-0.4, -0.2) is 37.0 Å². The summed E-state index contributed by atoms with van der Waals surface area (Å²) in [6.45, 7) is 2.28. The number of rotatable bonds is 5. The first-order valence-electron chi connectivity index (χ1n) is 7.96. The summed E-state index contributed by atoms with van der Waals surface area (Å²) in [5.41, 5.74) is 0.760. The molecule has 122 valence electrons. The molecule has 5 heteroatoms. The Kier molecular flexibility index (Phi) is 4.98. The maximum atomic E-state index is 12.4. The summed E-state index contributed by atoms with van der Waals surface area (Å²) in [7, 11) is 2.07. The summed E-state index contributed by atoms with van der Waals surface area (Å²) in [5, 5.41) is 3.06. The van der Waals surface area contributed by atoms with Crippen molar-refractivity contribution in [1.29, 1.82) is 0 Å². The summed E-state index contributed by atoms with van der Waals surface area (Å²) in [4.78, 5) is 14.7. The maximum Gasteiger partial charge on any atom is 0.287 e. The van der Waals surface area contributed by atoms with E-state index in [4.69, 9.17) is 9.15 Å². The number of amides is 1. The number of hydrogen-bond acceptors (Lipinski definition) is 4. The molecule has 0 unspecified atom stereocenters. The van der Waals surface area contributed by atoms with Crippen LogP contribution in [0.25, 0.3) is 0 Å². The van der Waals surface area contributed by atoms with Gasteiger partial charge in [0.25, 0.3) is 5.91 Å². The molecule has 1 fully saturated rings. The van der Waals surface area contributed by atoms with Crippen LogP contribution in [0.1, 0.15) is 29.0 Å². The third-order valence-corrected chi connectivity index (χ3v) is 4.05. The molecule has 2 heterocycles. The molecule has 23 heavy (non-hydrogen) atoms. The molecular weight excluding hydrogens is 292 g/mol. The predicted octanol–water partition coefficient (Wildman–Crippen LogP) is 2.68. The van der Waals surface area contributed by atoms with Gasteiger partial charge < -0.3 is 19.4 Å². The van der Waals surface area contributed by atoms with E-state index in [1.165, 1.54) is 6.26 Å². The molecule has 1 aromatic heterocycles. The second kappa shape index (κ2) is 7.33. The Hall–Kier alpha value is -2.27. The van der Waals surface area contributed by atoms with Crippen LogP contribution in [0.4, 0.5) is 0 Å². The number of nitrogens with zero attached hydrogens (tertiary/aromatic N) is 1. The van der Waals surface area contributed by atoms with Gasteiger partial charge in [-0.25, -0.2) is 0 Å². The van der Waals surface area contributed by atoms with Crippen molar-refractivity contribution >= 4 is 5.91 Å². The van der Waals surface area contributed by atoms with Crippen LogP contribution in [-0.2, 0) is 6.61 Å². The smallest absolute Gasteiger partial charge is 0.287 e. The third kappa shape index (κ3) is 4.13. The SMILES string of the molecule is CN1CCC[C@@H](NC(=O)c2occc2COc2ccccc2)C1. The minimum atomic E-state index is -0.165. The molecule has 5 nitrogen and oxygen atoms in total. The molecule has 0 bridgehead atoms. The molecule has 0 saturated carbocycles. The number of piperidine rings is 1. The van der Waals surface area contributed by atoms with Crippen LogP contribution in [0.5, 0.6) is 5.75 Å². The van der Waals surface area contributed by atoms with Crippen LogP contribution in [0, 0.1) is 0 Å². The molecule has 1 saturated heterocycles. The number of para-hydroxylation sites is 1. The van der Waals surface area contributed by atoms with Gasteiger partial charge in [-0.15, -0.1) is 0 Å².